The molecule has 0 aromatic rings. The number of hydrogen-bond donors (Lipinski definition) is 1. The van der Waals surface area contributed by atoms with Gasteiger partial charge < -0.3 is 10.5 Å². The van der Waals surface area contributed by atoms with Gasteiger partial charge in [0.1, 0.15) is 0 Å². The van der Waals surface area contributed by atoms with Crippen molar-refractivity contribution in [1.82, 2.24) is 4.90 Å². The van der Waals surface area contributed by atoms with Gasteiger partial charge in [-0.05, 0) is 38.5 Å². The van der Waals surface area contributed by atoms with Crippen molar-refractivity contribution in [2.45, 2.75) is 56.2 Å². The Hall–Kier alpha value is -0.120. The van der Waals surface area contributed by atoms with Gasteiger partial charge in [-0.3, -0.25) is 4.90 Å². The molecule has 2 aliphatic heterocycles. The van der Waals surface area contributed by atoms with Gasteiger partial charge in [0.25, 0.3) is 0 Å². The van der Waals surface area contributed by atoms with E-state index in [2.05, 4.69) is 4.90 Å². The maximum absolute atomic E-state index is 5.97. The first-order valence-corrected chi connectivity index (χ1v) is 6.41. The summed E-state index contributed by atoms with van der Waals surface area (Å²) in [6.45, 7) is 3.29. The molecule has 15 heavy (non-hydrogen) atoms. The van der Waals surface area contributed by atoms with E-state index in [1.165, 1.54) is 45.1 Å². The largest absolute Gasteiger partial charge is 0.375 e. The van der Waals surface area contributed by atoms with Gasteiger partial charge in [0.2, 0.25) is 0 Å². The van der Waals surface area contributed by atoms with Crippen LogP contribution in [0.5, 0.6) is 0 Å². The number of likely N-dealkylation sites (tertiary alicyclic amines) is 1. The second kappa shape index (κ2) is 3.72. The van der Waals surface area contributed by atoms with Gasteiger partial charge in [-0.25, -0.2) is 0 Å². The van der Waals surface area contributed by atoms with E-state index in [-0.39, 0.29) is 5.60 Å². The third-order valence-corrected chi connectivity index (χ3v) is 4.50. The second-order valence-electron chi connectivity index (χ2n) is 5.58. The zero-order valence-corrected chi connectivity index (χ0v) is 9.45. The topological polar surface area (TPSA) is 38.5 Å². The lowest BCUT2D eigenvalue weighted by Crippen LogP contribution is -2.51. The average molecular weight is 210 g/mol. The Balaban J connectivity index is 1.61. The number of hydrogen-bond acceptors (Lipinski definition) is 3. The Kier molecular flexibility index (Phi) is 2.49. The molecule has 1 aliphatic carbocycles. The fraction of sp³-hybridized carbons (Fsp3) is 1.00. The summed E-state index contributed by atoms with van der Waals surface area (Å²) in [7, 11) is 0. The van der Waals surface area contributed by atoms with Gasteiger partial charge >= 0.3 is 0 Å². The first-order chi connectivity index (χ1) is 7.27. The van der Waals surface area contributed by atoms with Crippen molar-refractivity contribution in [2.75, 3.05) is 19.7 Å². The molecule has 3 nitrogen and oxygen atoms in total. The third-order valence-electron chi connectivity index (χ3n) is 4.50. The fourth-order valence-electron chi connectivity index (χ4n) is 3.38. The van der Waals surface area contributed by atoms with Crippen molar-refractivity contribution in [3.05, 3.63) is 0 Å². The van der Waals surface area contributed by atoms with Gasteiger partial charge in [-0.1, -0.05) is 0 Å². The maximum atomic E-state index is 5.97. The minimum atomic E-state index is 0.287. The normalized spacial score (nSPS) is 40.6. The Labute approximate surface area is 91.9 Å². The lowest BCUT2D eigenvalue weighted by Gasteiger charge is -2.49. The van der Waals surface area contributed by atoms with Crippen LogP contribution < -0.4 is 5.73 Å². The van der Waals surface area contributed by atoms with Crippen LogP contribution in [-0.2, 0) is 4.74 Å². The molecule has 0 bridgehead atoms. The molecule has 0 radical (unpaired) electrons. The molecular formula is C12H22N2O. The minimum absolute atomic E-state index is 0.287. The van der Waals surface area contributed by atoms with Gasteiger partial charge in [0, 0.05) is 31.8 Å². The number of nitrogens with zero attached hydrogens (tertiary/aromatic N) is 1. The van der Waals surface area contributed by atoms with Crippen LogP contribution in [0.2, 0.25) is 0 Å². The first kappa shape index (κ1) is 10.1. The van der Waals surface area contributed by atoms with E-state index >= 15 is 0 Å². The van der Waals surface area contributed by atoms with Crippen LogP contribution in [-0.4, -0.2) is 42.3 Å². The third kappa shape index (κ3) is 1.81. The van der Waals surface area contributed by atoms with Crippen molar-refractivity contribution in [2.24, 2.45) is 5.73 Å². The van der Waals surface area contributed by atoms with Crippen LogP contribution in [0.1, 0.15) is 38.5 Å². The Morgan fingerprint density at radius 2 is 2.13 bits per heavy atom. The lowest BCUT2D eigenvalue weighted by atomic mass is 9.73. The van der Waals surface area contributed by atoms with E-state index in [1.807, 2.05) is 0 Å². The van der Waals surface area contributed by atoms with E-state index in [0.29, 0.717) is 6.04 Å². The zero-order valence-electron chi connectivity index (χ0n) is 9.45. The summed E-state index contributed by atoms with van der Waals surface area (Å²) in [6.07, 6.45) is 7.62. The van der Waals surface area contributed by atoms with Gasteiger partial charge in [0.05, 0.1) is 5.60 Å². The average Bonchev–Trinajstić information content (AvgIpc) is 2.63. The second-order valence-corrected chi connectivity index (χ2v) is 5.58. The van der Waals surface area contributed by atoms with Crippen LogP contribution in [0, 0.1) is 0 Å². The minimum Gasteiger partial charge on any atom is -0.375 e. The van der Waals surface area contributed by atoms with E-state index < -0.39 is 0 Å². The van der Waals surface area contributed by atoms with Crippen molar-refractivity contribution in [3.8, 4) is 0 Å². The Morgan fingerprint density at radius 1 is 1.27 bits per heavy atom. The van der Waals surface area contributed by atoms with Crippen molar-refractivity contribution < 1.29 is 4.74 Å². The highest BCUT2D eigenvalue weighted by molar-refractivity contribution is 4.98. The summed E-state index contributed by atoms with van der Waals surface area (Å²) in [5, 5.41) is 0. The van der Waals surface area contributed by atoms with E-state index in [9.17, 15) is 0 Å². The fourth-order valence-corrected chi connectivity index (χ4v) is 3.38. The van der Waals surface area contributed by atoms with Crippen LogP contribution in [0.4, 0.5) is 0 Å². The molecule has 3 aliphatic rings. The molecule has 86 valence electrons. The molecule has 0 aromatic heterocycles. The molecule has 2 heterocycles. The molecular weight excluding hydrogens is 188 g/mol. The van der Waals surface area contributed by atoms with E-state index in [4.69, 9.17) is 10.5 Å². The van der Waals surface area contributed by atoms with Crippen LogP contribution in [0.3, 0.4) is 0 Å². The summed E-state index contributed by atoms with van der Waals surface area (Å²) in [5.41, 5.74) is 6.26. The molecule has 2 atom stereocenters. The lowest BCUT2D eigenvalue weighted by molar-refractivity contribution is -0.147. The zero-order chi connectivity index (χ0) is 10.3. The van der Waals surface area contributed by atoms with Crippen molar-refractivity contribution >= 4 is 0 Å². The van der Waals surface area contributed by atoms with Crippen molar-refractivity contribution in [1.29, 1.82) is 0 Å². The molecule has 3 fully saturated rings. The standard InChI is InChI=1S/C12H22N2O/c13-10-2-6-14(9-10)11-3-7-15-12(8-11)4-1-5-12/h10-11H,1-9,13H2/t10-,11?/m0/s1. The molecule has 2 N–H and O–H groups in total. The van der Waals surface area contributed by atoms with Crippen LogP contribution >= 0.6 is 0 Å². The molecule has 2 saturated heterocycles. The summed E-state index contributed by atoms with van der Waals surface area (Å²) < 4.78 is 5.96. The highest BCUT2D eigenvalue weighted by atomic mass is 16.5. The number of ether oxygens (including phenoxy) is 1. The summed E-state index contributed by atoms with van der Waals surface area (Å²) in [4.78, 5) is 2.60. The summed E-state index contributed by atoms with van der Waals surface area (Å²) in [6, 6.07) is 1.18. The van der Waals surface area contributed by atoms with Gasteiger partial charge in [0.15, 0.2) is 0 Å². The van der Waals surface area contributed by atoms with Gasteiger partial charge in [-0.15, -0.1) is 0 Å². The smallest absolute Gasteiger partial charge is 0.0697 e. The predicted octanol–water partition coefficient (Wildman–Crippen LogP) is 1.12. The first-order valence-electron chi connectivity index (χ1n) is 6.41. The highest BCUT2D eigenvalue weighted by Crippen LogP contribution is 2.43. The van der Waals surface area contributed by atoms with Crippen LogP contribution in [0.15, 0.2) is 0 Å². The SMILES string of the molecule is N[C@H]1CCN(C2CCOC3(CCC3)C2)C1. The van der Waals surface area contributed by atoms with Crippen molar-refractivity contribution in [3.63, 3.8) is 0 Å². The summed E-state index contributed by atoms with van der Waals surface area (Å²) in [5.74, 6) is 0. The van der Waals surface area contributed by atoms with E-state index in [0.717, 1.165) is 19.2 Å². The molecule has 1 unspecified atom stereocenters. The predicted molar refractivity (Wildman–Crippen MR) is 59.7 cm³/mol. The molecule has 1 saturated carbocycles. The van der Waals surface area contributed by atoms with E-state index in [1.54, 1.807) is 0 Å². The molecule has 3 heteroatoms. The number of nitrogens with two attached hydrogens (primary N) is 1. The number of rotatable bonds is 1. The monoisotopic (exact) mass is 210 g/mol. The Morgan fingerprint density at radius 3 is 2.73 bits per heavy atom. The molecule has 1 spiro atoms. The van der Waals surface area contributed by atoms with Crippen LogP contribution in [0.25, 0.3) is 0 Å². The molecule has 0 aromatic carbocycles. The maximum Gasteiger partial charge on any atom is 0.0697 e. The molecule has 0 amide bonds. The Bertz CT molecular complexity index is 240. The van der Waals surface area contributed by atoms with Gasteiger partial charge in [-0.2, -0.15) is 0 Å². The molecule has 3 rings (SSSR count). The quantitative estimate of drug-likeness (QED) is 0.705. The highest BCUT2D eigenvalue weighted by Gasteiger charge is 2.44. The summed E-state index contributed by atoms with van der Waals surface area (Å²) >= 11 is 0.